The Morgan fingerprint density at radius 1 is 1.21 bits per heavy atom. The molecule has 124 valence electrons. The SMILES string of the molecule is COc1cccc(CNC(=O)C2CC(=O)N(c3ccccc3)C2)c1. The highest BCUT2D eigenvalue weighted by atomic mass is 16.5. The van der Waals surface area contributed by atoms with Crippen LogP contribution in [0.1, 0.15) is 12.0 Å². The largest absolute Gasteiger partial charge is 0.497 e. The zero-order valence-corrected chi connectivity index (χ0v) is 13.6. The molecule has 0 aromatic heterocycles. The molecule has 5 nitrogen and oxygen atoms in total. The zero-order chi connectivity index (χ0) is 16.9. The van der Waals surface area contributed by atoms with Crippen LogP contribution in [0.15, 0.2) is 54.6 Å². The van der Waals surface area contributed by atoms with Crippen LogP contribution in [0.2, 0.25) is 0 Å². The number of nitrogens with zero attached hydrogens (tertiary/aromatic N) is 1. The molecule has 2 aromatic carbocycles. The van der Waals surface area contributed by atoms with Gasteiger partial charge in [-0.1, -0.05) is 30.3 Å². The predicted octanol–water partition coefficient (Wildman–Crippen LogP) is 2.36. The van der Waals surface area contributed by atoms with Crippen LogP contribution in [0.5, 0.6) is 5.75 Å². The summed E-state index contributed by atoms with van der Waals surface area (Å²) in [5, 5.41) is 2.91. The number of rotatable bonds is 5. The Morgan fingerprint density at radius 2 is 2.00 bits per heavy atom. The lowest BCUT2D eigenvalue weighted by Gasteiger charge is -2.16. The summed E-state index contributed by atoms with van der Waals surface area (Å²) in [4.78, 5) is 26.2. The summed E-state index contributed by atoms with van der Waals surface area (Å²) in [6, 6.07) is 17.0. The molecule has 1 fully saturated rings. The van der Waals surface area contributed by atoms with Gasteiger partial charge < -0.3 is 15.0 Å². The van der Waals surface area contributed by atoms with Gasteiger partial charge in [0.2, 0.25) is 11.8 Å². The van der Waals surface area contributed by atoms with Crippen molar-refractivity contribution in [3.63, 3.8) is 0 Å². The lowest BCUT2D eigenvalue weighted by Crippen LogP contribution is -2.32. The predicted molar refractivity (Wildman–Crippen MR) is 91.7 cm³/mol. The van der Waals surface area contributed by atoms with Crippen molar-refractivity contribution in [2.75, 3.05) is 18.6 Å². The van der Waals surface area contributed by atoms with E-state index in [2.05, 4.69) is 5.32 Å². The molecule has 2 amide bonds. The maximum Gasteiger partial charge on any atom is 0.227 e. The molecule has 1 saturated heterocycles. The summed E-state index contributed by atoms with van der Waals surface area (Å²) >= 11 is 0. The number of amides is 2. The molecule has 1 atom stereocenters. The molecule has 2 aromatic rings. The van der Waals surface area contributed by atoms with Gasteiger partial charge in [0.25, 0.3) is 0 Å². The van der Waals surface area contributed by atoms with E-state index in [-0.39, 0.29) is 24.2 Å². The van der Waals surface area contributed by atoms with Gasteiger partial charge in [0.15, 0.2) is 0 Å². The molecule has 1 unspecified atom stereocenters. The number of hydrogen-bond donors (Lipinski definition) is 1. The highest BCUT2D eigenvalue weighted by molar-refractivity contribution is 6.00. The van der Waals surface area contributed by atoms with Crippen molar-refractivity contribution in [3.05, 3.63) is 60.2 Å². The monoisotopic (exact) mass is 324 g/mol. The summed E-state index contributed by atoms with van der Waals surface area (Å²) in [5.74, 6) is 0.337. The van der Waals surface area contributed by atoms with Crippen LogP contribution < -0.4 is 15.0 Å². The Bertz CT molecular complexity index is 730. The average molecular weight is 324 g/mol. The number of carbonyl (C=O) groups excluding carboxylic acids is 2. The number of ether oxygens (including phenoxy) is 1. The van der Waals surface area contributed by atoms with Crippen LogP contribution in [-0.2, 0) is 16.1 Å². The van der Waals surface area contributed by atoms with Gasteiger partial charge >= 0.3 is 0 Å². The molecular weight excluding hydrogens is 304 g/mol. The van der Waals surface area contributed by atoms with E-state index in [0.29, 0.717) is 13.1 Å². The van der Waals surface area contributed by atoms with Crippen LogP contribution in [0.3, 0.4) is 0 Å². The first-order valence-corrected chi connectivity index (χ1v) is 7.93. The molecule has 0 bridgehead atoms. The molecule has 0 spiro atoms. The fraction of sp³-hybridized carbons (Fsp3) is 0.263. The fourth-order valence-corrected chi connectivity index (χ4v) is 2.86. The van der Waals surface area contributed by atoms with E-state index in [1.165, 1.54) is 0 Å². The summed E-state index contributed by atoms with van der Waals surface area (Å²) < 4.78 is 5.17. The fourth-order valence-electron chi connectivity index (χ4n) is 2.86. The number of para-hydroxylation sites is 1. The Kier molecular flexibility index (Phi) is 4.79. The molecule has 24 heavy (non-hydrogen) atoms. The maximum absolute atomic E-state index is 12.4. The third-order valence-corrected chi connectivity index (χ3v) is 4.16. The standard InChI is InChI=1S/C19H20N2O3/c1-24-17-9-5-6-14(10-17)12-20-19(23)15-11-18(22)21(13-15)16-7-3-2-4-8-16/h2-10,15H,11-13H2,1H3,(H,20,23). The van der Waals surface area contributed by atoms with Crippen LogP contribution in [-0.4, -0.2) is 25.5 Å². The lowest BCUT2D eigenvalue weighted by molar-refractivity contribution is -0.126. The molecule has 1 aliphatic rings. The first kappa shape index (κ1) is 16.1. The number of hydrogen-bond acceptors (Lipinski definition) is 3. The van der Waals surface area contributed by atoms with E-state index in [9.17, 15) is 9.59 Å². The number of nitrogens with one attached hydrogen (secondary N) is 1. The molecule has 0 radical (unpaired) electrons. The smallest absolute Gasteiger partial charge is 0.227 e. The molecule has 1 aliphatic heterocycles. The minimum Gasteiger partial charge on any atom is -0.497 e. The van der Waals surface area contributed by atoms with Gasteiger partial charge in [-0.3, -0.25) is 9.59 Å². The molecule has 1 N–H and O–H groups in total. The summed E-state index contributed by atoms with van der Waals surface area (Å²) in [5.41, 5.74) is 1.80. The zero-order valence-electron chi connectivity index (χ0n) is 13.6. The highest BCUT2D eigenvalue weighted by Gasteiger charge is 2.34. The van der Waals surface area contributed by atoms with Crippen LogP contribution in [0.25, 0.3) is 0 Å². The lowest BCUT2D eigenvalue weighted by atomic mass is 10.1. The van der Waals surface area contributed by atoms with Gasteiger partial charge in [-0.2, -0.15) is 0 Å². The van der Waals surface area contributed by atoms with Gasteiger partial charge in [0, 0.05) is 25.2 Å². The number of carbonyl (C=O) groups is 2. The number of benzene rings is 2. The van der Waals surface area contributed by atoms with Gasteiger partial charge in [-0.05, 0) is 29.8 Å². The summed E-state index contributed by atoms with van der Waals surface area (Å²) in [6.07, 6.45) is 0.249. The van der Waals surface area contributed by atoms with Gasteiger partial charge in [0.05, 0.1) is 13.0 Å². The Balaban J connectivity index is 1.59. The third kappa shape index (κ3) is 3.56. The van der Waals surface area contributed by atoms with Crippen LogP contribution in [0.4, 0.5) is 5.69 Å². The van der Waals surface area contributed by atoms with Crippen molar-refractivity contribution < 1.29 is 14.3 Å². The second-order valence-corrected chi connectivity index (χ2v) is 5.81. The van der Waals surface area contributed by atoms with E-state index in [0.717, 1.165) is 17.0 Å². The van der Waals surface area contributed by atoms with E-state index in [4.69, 9.17) is 4.74 Å². The molecule has 3 rings (SSSR count). The number of anilines is 1. The topological polar surface area (TPSA) is 58.6 Å². The molecular formula is C19H20N2O3. The number of methoxy groups -OCH3 is 1. The second kappa shape index (κ2) is 7.17. The highest BCUT2D eigenvalue weighted by Crippen LogP contribution is 2.25. The van der Waals surface area contributed by atoms with Crippen molar-refractivity contribution in [1.82, 2.24) is 5.32 Å². The normalized spacial score (nSPS) is 17.0. The first-order valence-electron chi connectivity index (χ1n) is 7.93. The Morgan fingerprint density at radius 3 is 2.75 bits per heavy atom. The summed E-state index contributed by atoms with van der Waals surface area (Å²) in [7, 11) is 1.61. The van der Waals surface area contributed by atoms with Crippen molar-refractivity contribution >= 4 is 17.5 Å². The molecule has 0 saturated carbocycles. The Hall–Kier alpha value is -2.82. The first-order chi connectivity index (χ1) is 11.7. The van der Waals surface area contributed by atoms with Crippen molar-refractivity contribution in [2.45, 2.75) is 13.0 Å². The average Bonchev–Trinajstić information content (AvgIpc) is 3.02. The van der Waals surface area contributed by atoms with E-state index >= 15 is 0 Å². The van der Waals surface area contributed by atoms with E-state index < -0.39 is 0 Å². The molecule has 5 heteroatoms. The van der Waals surface area contributed by atoms with Crippen molar-refractivity contribution in [2.24, 2.45) is 5.92 Å². The molecule has 0 aliphatic carbocycles. The van der Waals surface area contributed by atoms with Crippen LogP contribution in [0, 0.1) is 5.92 Å². The van der Waals surface area contributed by atoms with Crippen molar-refractivity contribution in [1.29, 1.82) is 0 Å². The summed E-state index contributed by atoms with van der Waals surface area (Å²) in [6.45, 7) is 0.846. The Labute approximate surface area is 141 Å². The van der Waals surface area contributed by atoms with E-state index in [1.54, 1.807) is 12.0 Å². The van der Waals surface area contributed by atoms with Gasteiger partial charge in [-0.15, -0.1) is 0 Å². The van der Waals surface area contributed by atoms with E-state index in [1.807, 2.05) is 54.6 Å². The minimum absolute atomic E-state index is 0.0114. The minimum atomic E-state index is -0.316. The van der Waals surface area contributed by atoms with Gasteiger partial charge in [-0.25, -0.2) is 0 Å². The maximum atomic E-state index is 12.4. The van der Waals surface area contributed by atoms with Crippen LogP contribution >= 0.6 is 0 Å². The second-order valence-electron chi connectivity index (χ2n) is 5.81. The van der Waals surface area contributed by atoms with Gasteiger partial charge in [0.1, 0.15) is 5.75 Å². The quantitative estimate of drug-likeness (QED) is 0.918. The van der Waals surface area contributed by atoms with Crippen molar-refractivity contribution in [3.8, 4) is 5.75 Å². The molecule has 1 heterocycles. The third-order valence-electron chi connectivity index (χ3n) is 4.16.